The van der Waals surface area contributed by atoms with Gasteiger partial charge in [-0.1, -0.05) is 12.8 Å². The van der Waals surface area contributed by atoms with Gasteiger partial charge in [0.05, 0.1) is 38.1 Å². The van der Waals surface area contributed by atoms with Crippen LogP contribution in [0.3, 0.4) is 0 Å². The number of rotatable bonds is 11. The molecule has 0 radical (unpaired) electrons. The highest BCUT2D eigenvalue weighted by atomic mass is 16.5. The zero-order valence-electron chi connectivity index (χ0n) is 12.3. The lowest BCUT2D eigenvalue weighted by Gasteiger charge is -2.17. The fourth-order valence-corrected chi connectivity index (χ4v) is 2.24. The van der Waals surface area contributed by atoms with E-state index in [-0.39, 0.29) is 6.10 Å². The summed E-state index contributed by atoms with van der Waals surface area (Å²) in [6.07, 6.45) is 5.00. The van der Waals surface area contributed by atoms with E-state index in [9.17, 15) is 5.11 Å². The van der Waals surface area contributed by atoms with E-state index in [1.165, 1.54) is 25.7 Å². The van der Waals surface area contributed by atoms with Crippen LogP contribution in [0.1, 0.15) is 32.6 Å². The molecular formula is C14H29NO4. The molecule has 1 aliphatic carbocycles. The van der Waals surface area contributed by atoms with Crippen molar-refractivity contribution in [2.75, 3.05) is 40.0 Å². The van der Waals surface area contributed by atoms with Crippen molar-refractivity contribution in [2.24, 2.45) is 0 Å². The molecule has 0 aromatic rings. The number of ether oxygens (including phenoxy) is 3. The van der Waals surface area contributed by atoms with Crippen LogP contribution in [-0.2, 0) is 14.2 Å². The van der Waals surface area contributed by atoms with Gasteiger partial charge in [-0.25, -0.2) is 0 Å². The average Bonchev–Trinajstić information content (AvgIpc) is 2.89. The maximum absolute atomic E-state index is 9.71. The molecule has 1 fully saturated rings. The van der Waals surface area contributed by atoms with E-state index in [1.807, 2.05) is 6.92 Å². The fourth-order valence-electron chi connectivity index (χ4n) is 2.24. The van der Waals surface area contributed by atoms with Crippen LogP contribution in [-0.4, -0.2) is 63.4 Å². The van der Waals surface area contributed by atoms with Crippen LogP contribution in [0.15, 0.2) is 0 Å². The van der Waals surface area contributed by atoms with Crippen LogP contribution in [0.25, 0.3) is 0 Å². The molecule has 0 spiro atoms. The zero-order chi connectivity index (χ0) is 13.9. The van der Waals surface area contributed by atoms with E-state index >= 15 is 0 Å². The summed E-state index contributed by atoms with van der Waals surface area (Å²) in [7, 11) is 1.64. The molecule has 1 aliphatic rings. The summed E-state index contributed by atoms with van der Waals surface area (Å²) < 4.78 is 16.1. The molecule has 5 nitrogen and oxygen atoms in total. The van der Waals surface area contributed by atoms with E-state index in [1.54, 1.807) is 7.11 Å². The van der Waals surface area contributed by atoms with E-state index in [4.69, 9.17) is 14.2 Å². The molecule has 1 saturated carbocycles. The molecule has 19 heavy (non-hydrogen) atoms. The predicted octanol–water partition coefficient (Wildman–Crippen LogP) is 0.948. The van der Waals surface area contributed by atoms with Crippen molar-refractivity contribution in [3.63, 3.8) is 0 Å². The lowest BCUT2D eigenvalue weighted by molar-refractivity contribution is -0.0315. The molecule has 2 N–H and O–H groups in total. The monoisotopic (exact) mass is 275 g/mol. The summed E-state index contributed by atoms with van der Waals surface area (Å²) in [5.74, 6) is 0. The van der Waals surface area contributed by atoms with Crippen molar-refractivity contribution in [1.82, 2.24) is 5.32 Å². The molecule has 5 heteroatoms. The van der Waals surface area contributed by atoms with Gasteiger partial charge in [-0.2, -0.15) is 0 Å². The third-order valence-electron chi connectivity index (χ3n) is 3.29. The molecule has 2 atom stereocenters. The largest absolute Gasteiger partial charge is 0.389 e. The Hall–Kier alpha value is -0.200. The summed E-state index contributed by atoms with van der Waals surface area (Å²) in [6, 6.07) is 0. The van der Waals surface area contributed by atoms with Crippen molar-refractivity contribution >= 4 is 0 Å². The number of aliphatic hydroxyl groups excluding tert-OH is 1. The first-order valence-electron chi connectivity index (χ1n) is 7.33. The quantitative estimate of drug-likeness (QED) is 0.550. The summed E-state index contributed by atoms with van der Waals surface area (Å²) >= 11 is 0. The van der Waals surface area contributed by atoms with Crippen LogP contribution in [0.4, 0.5) is 0 Å². The number of nitrogens with one attached hydrogen (secondary N) is 1. The number of hydrogen-bond acceptors (Lipinski definition) is 5. The van der Waals surface area contributed by atoms with Gasteiger partial charge in [0, 0.05) is 20.2 Å². The minimum Gasteiger partial charge on any atom is -0.389 e. The van der Waals surface area contributed by atoms with Gasteiger partial charge in [-0.3, -0.25) is 0 Å². The number of hydrogen-bond donors (Lipinski definition) is 2. The maximum Gasteiger partial charge on any atom is 0.0897 e. The first-order chi connectivity index (χ1) is 9.22. The van der Waals surface area contributed by atoms with Gasteiger partial charge in [0.25, 0.3) is 0 Å². The van der Waals surface area contributed by atoms with Gasteiger partial charge in [-0.15, -0.1) is 0 Å². The molecule has 0 heterocycles. The lowest BCUT2D eigenvalue weighted by Crippen LogP contribution is -2.34. The van der Waals surface area contributed by atoms with Crippen LogP contribution >= 0.6 is 0 Å². The van der Waals surface area contributed by atoms with Crippen molar-refractivity contribution in [3.8, 4) is 0 Å². The van der Waals surface area contributed by atoms with Gasteiger partial charge >= 0.3 is 0 Å². The molecule has 0 aliphatic heterocycles. The molecule has 0 amide bonds. The first kappa shape index (κ1) is 16.9. The van der Waals surface area contributed by atoms with E-state index in [2.05, 4.69) is 5.32 Å². The highest BCUT2D eigenvalue weighted by molar-refractivity contribution is 4.67. The van der Waals surface area contributed by atoms with Crippen LogP contribution in [0, 0.1) is 0 Å². The number of aliphatic hydroxyl groups is 1. The fraction of sp³-hybridized carbons (Fsp3) is 1.00. The summed E-state index contributed by atoms with van der Waals surface area (Å²) in [5, 5.41) is 12.9. The zero-order valence-corrected chi connectivity index (χ0v) is 12.3. The molecule has 0 saturated heterocycles. The van der Waals surface area contributed by atoms with Crippen LogP contribution < -0.4 is 5.32 Å². The van der Waals surface area contributed by atoms with Gasteiger partial charge < -0.3 is 24.6 Å². The van der Waals surface area contributed by atoms with E-state index < -0.39 is 6.10 Å². The second-order valence-electron chi connectivity index (χ2n) is 5.23. The van der Waals surface area contributed by atoms with Crippen molar-refractivity contribution in [1.29, 1.82) is 0 Å². The molecule has 0 bridgehead atoms. The summed E-state index contributed by atoms with van der Waals surface area (Å²) in [6.45, 7) is 4.85. The molecule has 0 aromatic carbocycles. The van der Waals surface area contributed by atoms with Gasteiger partial charge in [-0.05, 0) is 19.8 Å². The second kappa shape index (κ2) is 10.6. The molecule has 0 aromatic heterocycles. The minimum absolute atomic E-state index is 0.0188. The lowest BCUT2D eigenvalue weighted by atomic mass is 10.3. The third-order valence-corrected chi connectivity index (χ3v) is 3.29. The standard InChI is InChI=1S/C14H29NO4/c1-12(10-17-2)19-11-13(16)9-15-7-8-18-14-5-3-4-6-14/h12-16H,3-11H2,1-2H3. The van der Waals surface area contributed by atoms with Crippen molar-refractivity contribution in [2.45, 2.75) is 50.9 Å². The Kier molecular flexibility index (Phi) is 9.38. The SMILES string of the molecule is COCC(C)OCC(O)CNCCOC1CCCC1. The first-order valence-corrected chi connectivity index (χ1v) is 7.33. The Morgan fingerprint density at radius 1 is 1.26 bits per heavy atom. The Bertz CT molecular complexity index is 210. The molecule has 1 rings (SSSR count). The Balaban J connectivity index is 1.87. The average molecular weight is 275 g/mol. The smallest absolute Gasteiger partial charge is 0.0897 e. The third kappa shape index (κ3) is 8.55. The van der Waals surface area contributed by atoms with Crippen molar-refractivity contribution in [3.05, 3.63) is 0 Å². The molecular weight excluding hydrogens is 246 g/mol. The second-order valence-corrected chi connectivity index (χ2v) is 5.23. The predicted molar refractivity (Wildman–Crippen MR) is 74.4 cm³/mol. The van der Waals surface area contributed by atoms with E-state index in [0.29, 0.717) is 25.9 Å². The van der Waals surface area contributed by atoms with Crippen LogP contribution in [0.5, 0.6) is 0 Å². The minimum atomic E-state index is -0.481. The Morgan fingerprint density at radius 3 is 2.68 bits per heavy atom. The number of methoxy groups -OCH3 is 1. The van der Waals surface area contributed by atoms with Gasteiger partial charge in [0.2, 0.25) is 0 Å². The highest BCUT2D eigenvalue weighted by Crippen LogP contribution is 2.20. The van der Waals surface area contributed by atoms with Gasteiger partial charge in [0.1, 0.15) is 0 Å². The molecule has 2 unspecified atom stereocenters. The Labute approximate surface area is 116 Å². The van der Waals surface area contributed by atoms with Gasteiger partial charge in [0.15, 0.2) is 0 Å². The molecule has 114 valence electrons. The highest BCUT2D eigenvalue weighted by Gasteiger charge is 2.14. The normalized spacial score (nSPS) is 19.7. The Morgan fingerprint density at radius 2 is 2.00 bits per heavy atom. The topological polar surface area (TPSA) is 60.0 Å². The van der Waals surface area contributed by atoms with Crippen molar-refractivity contribution < 1.29 is 19.3 Å². The summed E-state index contributed by atoms with van der Waals surface area (Å²) in [5.41, 5.74) is 0. The maximum atomic E-state index is 9.71. The van der Waals surface area contributed by atoms with Crippen LogP contribution in [0.2, 0.25) is 0 Å². The van der Waals surface area contributed by atoms with E-state index in [0.717, 1.165) is 13.2 Å². The summed E-state index contributed by atoms with van der Waals surface area (Å²) in [4.78, 5) is 0.